The molecule has 0 N–H and O–H groups in total. The third-order valence-corrected chi connectivity index (χ3v) is 1.92. The standard InChI is InChI=1S/C7H10N2.C2H6/c1-6-5-8-7-3-2-4-9(6)7;1-2/h5H,2-4H2,1H3;1-2H3. The van der Waals surface area contributed by atoms with Gasteiger partial charge in [0.05, 0.1) is 0 Å². The fourth-order valence-electron chi connectivity index (χ4n) is 1.41. The van der Waals surface area contributed by atoms with Gasteiger partial charge < -0.3 is 4.57 Å². The summed E-state index contributed by atoms with van der Waals surface area (Å²) in [6, 6.07) is 0. The highest BCUT2D eigenvalue weighted by Crippen LogP contribution is 2.14. The number of aryl methyl sites for hydroxylation is 2. The number of fused-ring (bicyclic) bond motifs is 1. The summed E-state index contributed by atoms with van der Waals surface area (Å²) in [7, 11) is 0. The Balaban J connectivity index is 0.000000281. The Morgan fingerprint density at radius 2 is 2.18 bits per heavy atom. The molecule has 0 spiro atoms. The Labute approximate surface area is 68.3 Å². The van der Waals surface area contributed by atoms with Gasteiger partial charge in [0.25, 0.3) is 0 Å². The van der Waals surface area contributed by atoms with Gasteiger partial charge in [0.1, 0.15) is 5.82 Å². The number of aromatic nitrogens is 2. The molecule has 0 fully saturated rings. The molecule has 2 nitrogen and oxygen atoms in total. The van der Waals surface area contributed by atoms with E-state index in [-0.39, 0.29) is 0 Å². The zero-order chi connectivity index (χ0) is 8.27. The van der Waals surface area contributed by atoms with Crippen LogP contribution in [0.15, 0.2) is 6.20 Å². The molecule has 11 heavy (non-hydrogen) atoms. The molecule has 0 radical (unpaired) electrons. The summed E-state index contributed by atoms with van der Waals surface area (Å²) in [5.41, 5.74) is 1.31. The van der Waals surface area contributed by atoms with Gasteiger partial charge in [-0.25, -0.2) is 4.98 Å². The van der Waals surface area contributed by atoms with Crippen molar-refractivity contribution in [3.8, 4) is 0 Å². The molecule has 0 aliphatic carbocycles. The second kappa shape index (κ2) is 3.56. The Morgan fingerprint density at radius 1 is 1.45 bits per heavy atom. The summed E-state index contributed by atoms with van der Waals surface area (Å²) < 4.78 is 2.29. The van der Waals surface area contributed by atoms with Crippen molar-refractivity contribution in [1.82, 2.24) is 9.55 Å². The number of hydrogen-bond acceptors (Lipinski definition) is 1. The maximum Gasteiger partial charge on any atom is 0.108 e. The van der Waals surface area contributed by atoms with E-state index in [1.807, 2.05) is 20.0 Å². The van der Waals surface area contributed by atoms with Crippen LogP contribution in [0.2, 0.25) is 0 Å². The first-order chi connectivity index (χ1) is 5.38. The molecule has 1 aliphatic rings. The first kappa shape index (κ1) is 8.31. The molecule has 62 valence electrons. The minimum atomic E-state index is 1.17. The largest absolute Gasteiger partial charge is 0.332 e. The molecule has 2 rings (SSSR count). The average molecular weight is 152 g/mol. The quantitative estimate of drug-likeness (QED) is 0.557. The van der Waals surface area contributed by atoms with E-state index in [1.54, 1.807) is 0 Å². The van der Waals surface area contributed by atoms with Crippen LogP contribution in [0, 0.1) is 6.92 Å². The van der Waals surface area contributed by atoms with Gasteiger partial charge in [-0.2, -0.15) is 0 Å². The van der Waals surface area contributed by atoms with E-state index in [4.69, 9.17) is 0 Å². The van der Waals surface area contributed by atoms with Crippen LogP contribution in [0.1, 0.15) is 31.8 Å². The van der Waals surface area contributed by atoms with Gasteiger partial charge in [-0.05, 0) is 13.3 Å². The maximum atomic E-state index is 4.26. The summed E-state index contributed by atoms with van der Waals surface area (Å²) in [5.74, 6) is 1.27. The topological polar surface area (TPSA) is 17.8 Å². The minimum Gasteiger partial charge on any atom is -0.332 e. The minimum absolute atomic E-state index is 1.17. The van der Waals surface area contributed by atoms with E-state index < -0.39 is 0 Å². The Bertz CT molecular complexity index is 225. The number of hydrogen-bond donors (Lipinski definition) is 0. The van der Waals surface area contributed by atoms with Gasteiger partial charge in [0.2, 0.25) is 0 Å². The van der Waals surface area contributed by atoms with Crippen LogP contribution < -0.4 is 0 Å². The van der Waals surface area contributed by atoms with Crippen LogP contribution >= 0.6 is 0 Å². The van der Waals surface area contributed by atoms with E-state index in [0.29, 0.717) is 0 Å². The molecule has 1 aromatic rings. The van der Waals surface area contributed by atoms with Gasteiger partial charge >= 0.3 is 0 Å². The van der Waals surface area contributed by atoms with E-state index in [9.17, 15) is 0 Å². The normalized spacial score (nSPS) is 13.7. The monoisotopic (exact) mass is 152 g/mol. The molecule has 1 aromatic heterocycles. The summed E-state index contributed by atoms with van der Waals surface area (Å²) in [6.07, 6.45) is 4.41. The zero-order valence-corrected chi connectivity index (χ0v) is 7.59. The van der Waals surface area contributed by atoms with Crippen molar-refractivity contribution in [2.24, 2.45) is 0 Å². The summed E-state index contributed by atoms with van der Waals surface area (Å²) in [6.45, 7) is 7.29. The molecule has 0 amide bonds. The average Bonchev–Trinajstić information content (AvgIpc) is 2.60. The molecule has 0 saturated heterocycles. The number of rotatable bonds is 0. The predicted octanol–water partition coefficient (Wildman–Crippen LogP) is 2.16. The Morgan fingerprint density at radius 3 is 2.82 bits per heavy atom. The smallest absolute Gasteiger partial charge is 0.108 e. The summed E-state index contributed by atoms with van der Waals surface area (Å²) in [4.78, 5) is 4.26. The number of nitrogens with zero attached hydrogens (tertiary/aromatic N) is 2. The van der Waals surface area contributed by atoms with Gasteiger partial charge in [-0.3, -0.25) is 0 Å². The molecule has 2 heterocycles. The lowest BCUT2D eigenvalue weighted by Gasteiger charge is -1.95. The van der Waals surface area contributed by atoms with Crippen LogP contribution in [-0.2, 0) is 13.0 Å². The van der Waals surface area contributed by atoms with Crippen LogP contribution in [0.25, 0.3) is 0 Å². The third kappa shape index (κ3) is 1.44. The third-order valence-electron chi connectivity index (χ3n) is 1.92. The highest BCUT2D eigenvalue weighted by Gasteiger charge is 2.11. The molecular formula is C9H16N2. The first-order valence-corrected chi connectivity index (χ1v) is 4.39. The van der Waals surface area contributed by atoms with Crippen molar-refractivity contribution in [3.05, 3.63) is 17.7 Å². The lowest BCUT2D eigenvalue weighted by molar-refractivity contribution is 0.729. The van der Waals surface area contributed by atoms with E-state index in [2.05, 4.69) is 16.5 Å². The molecule has 1 aliphatic heterocycles. The zero-order valence-electron chi connectivity index (χ0n) is 7.59. The van der Waals surface area contributed by atoms with Crippen molar-refractivity contribution in [3.63, 3.8) is 0 Å². The molecule has 0 aromatic carbocycles. The lowest BCUT2D eigenvalue weighted by atomic mass is 10.4. The van der Waals surface area contributed by atoms with Crippen molar-refractivity contribution >= 4 is 0 Å². The Kier molecular flexibility index (Phi) is 2.69. The SMILES string of the molecule is CC.Cc1cnc2n1CCC2. The van der Waals surface area contributed by atoms with Gasteiger partial charge in [-0.1, -0.05) is 13.8 Å². The predicted molar refractivity (Wildman–Crippen MR) is 46.6 cm³/mol. The summed E-state index contributed by atoms with van der Waals surface area (Å²) >= 11 is 0. The first-order valence-electron chi connectivity index (χ1n) is 4.39. The lowest BCUT2D eigenvalue weighted by Crippen LogP contribution is -1.93. The molecule has 0 bridgehead atoms. The van der Waals surface area contributed by atoms with Crippen molar-refractivity contribution < 1.29 is 0 Å². The van der Waals surface area contributed by atoms with Crippen LogP contribution in [-0.4, -0.2) is 9.55 Å². The maximum absolute atomic E-state index is 4.26. The molecular weight excluding hydrogens is 136 g/mol. The van der Waals surface area contributed by atoms with Gasteiger partial charge in [0, 0.05) is 24.9 Å². The van der Waals surface area contributed by atoms with Crippen molar-refractivity contribution in [1.29, 1.82) is 0 Å². The fraction of sp³-hybridized carbons (Fsp3) is 0.667. The van der Waals surface area contributed by atoms with E-state index in [1.165, 1.54) is 30.9 Å². The van der Waals surface area contributed by atoms with Gasteiger partial charge in [0.15, 0.2) is 0 Å². The summed E-state index contributed by atoms with van der Waals surface area (Å²) in [5, 5.41) is 0. The number of imidazole rings is 1. The van der Waals surface area contributed by atoms with E-state index in [0.717, 1.165) is 0 Å². The van der Waals surface area contributed by atoms with Crippen molar-refractivity contribution in [2.45, 2.75) is 40.2 Å². The van der Waals surface area contributed by atoms with E-state index >= 15 is 0 Å². The molecule has 2 heteroatoms. The second-order valence-corrected chi connectivity index (χ2v) is 2.57. The van der Waals surface area contributed by atoms with Crippen molar-refractivity contribution in [2.75, 3.05) is 0 Å². The Hall–Kier alpha value is -0.790. The van der Waals surface area contributed by atoms with Gasteiger partial charge in [-0.15, -0.1) is 0 Å². The van der Waals surface area contributed by atoms with Crippen LogP contribution in [0.4, 0.5) is 0 Å². The molecule has 0 saturated carbocycles. The highest BCUT2D eigenvalue weighted by molar-refractivity contribution is 5.06. The highest BCUT2D eigenvalue weighted by atomic mass is 15.1. The second-order valence-electron chi connectivity index (χ2n) is 2.57. The molecule has 0 atom stereocenters. The molecule has 0 unspecified atom stereocenters. The van der Waals surface area contributed by atoms with Crippen LogP contribution in [0.3, 0.4) is 0 Å². The van der Waals surface area contributed by atoms with Crippen LogP contribution in [0.5, 0.6) is 0 Å². The fourth-order valence-corrected chi connectivity index (χ4v) is 1.41.